The molecule has 4 nitrogen and oxygen atoms in total. The van der Waals surface area contributed by atoms with Crippen LogP contribution in [0.1, 0.15) is 5.56 Å². The number of aryl methyl sites for hydroxylation is 1. The lowest BCUT2D eigenvalue weighted by atomic mass is 10.1. The summed E-state index contributed by atoms with van der Waals surface area (Å²) in [5.74, 6) is -1.35. The Morgan fingerprint density at radius 1 is 1.36 bits per heavy atom. The van der Waals surface area contributed by atoms with Gasteiger partial charge in [-0.15, -0.1) is 0 Å². The summed E-state index contributed by atoms with van der Waals surface area (Å²) in [6.07, 6.45) is 0. The number of H-pyrrole nitrogens is 1. The molecular formula is C9H6FNO3. The molecule has 0 amide bonds. The highest BCUT2D eigenvalue weighted by Gasteiger charge is 2.07. The van der Waals surface area contributed by atoms with Gasteiger partial charge in [0, 0.05) is 5.56 Å². The summed E-state index contributed by atoms with van der Waals surface area (Å²) in [6.45, 7) is 1.48. The Hall–Kier alpha value is -1.91. The van der Waals surface area contributed by atoms with Gasteiger partial charge in [-0.25, -0.2) is 14.0 Å². The molecule has 14 heavy (non-hydrogen) atoms. The molecule has 1 heterocycles. The first-order chi connectivity index (χ1) is 6.59. The number of rotatable bonds is 0. The SMILES string of the molecule is Cc1c(F)ccc2c(=O)oc(=O)[nH]c12. The van der Waals surface area contributed by atoms with Crippen molar-refractivity contribution >= 4 is 10.9 Å². The van der Waals surface area contributed by atoms with Gasteiger partial charge in [-0.3, -0.25) is 4.98 Å². The van der Waals surface area contributed by atoms with Crippen molar-refractivity contribution in [1.29, 1.82) is 0 Å². The van der Waals surface area contributed by atoms with E-state index in [0.717, 1.165) is 6.07 Å². The highest BCUT2D eigenvalue weighted by Crippen LogP contribution is 2.14. The molecule has 0 fully saturated rings. The fourth-order valence-corrected chi connectivity index (χ4v) is 1.28. The minimum atomic E-state index is -0.879. The van der Waals surface area contributed by atoms with Crippen molar-refractivity contribution < 1.29 is 8.81 Å². The molecule has 2 aromatic rings. The van der Waals surface area contributed by atoms with Crippen molar-refractivity contribution in [1.82, 2.24) is 4.98 Å². The molecular weight excluding hydrogens is 189 g/mol. The summed E-state index contributed by atoms with van der Waals surface area (Å²) in [5, 5.41) is 0.170. The van der Waals surface area contributed by atoms with Crippen molar-refractivity contribution in [2.24, 2.45) is 0 Å². The third-order valence-corrected chi connectivity index (χ3v) is 2.03. The van der Waals surface area contributed by atoms with Gasteiger partial charge in [0.25, 0.3) is 0 Å². The van der Waals surface area contributed by atoms with Crippen molar-refractivity contribution in [2.45, 2.75) is 6.92 Å². The predicted molar refractivity (Wildman–Crippen MR) is 47.8 cm³/mol. The summed E-state index contributed by atoms with van der Waals surface area (Å²) in [6, 6.07) is 2.44. The Labute approximate surface area is 77.0 Å². The van der Waals surface area contributed by atoms with Gasteiger partial charge in [0.1, 0.15) is 5.82 Å². The predicted octanol–water partition coefficient (Wildman–Crippen LogP) is 0.929. The molecule has 2 rings (SSSR count). The molecule has 0 radical (unpaired) electrons. The Bertz CT molecular complexity index is 611. The normalized spacial score (nSPS) is 10.7. The third kappa shape index (κ3) is 1.14. The van der Waals surface area contributed by atoms with E-state index in [-0.39, 0.29) is 16.5 Å². The molecule has 0 aliphatic rings. The zero-order chi connectivity index (χ0) is 10.3. The van der Waals surface area contributed by atoms with Crippen molar-refractivity contribution in [3.63, 3.8) is 0 Å². The average Bonchev–Trinajstić information content (AvgIpc) is 2.12. The number of benzene rings is 1. The Balaban J connectivity index is 3.10. The lowest BCUT2D eigenvalue weighted by molar-refractivity contribution is 0.459. The first-order valence-electron chi connectivity index (χ1n) is 3.92. The summed E-state index contributed by atoms with van der Waals surface area (Å²) in [7, 11) is 0. The lowest BCUT2D eigenvalue weighted by Crippen LogP contribution is -2.15. The van der Waals surface area contributed by atoms with Crippen LogP contribution in [0.2, 0.25) is 0 Å². The van der Waals surface area contributed by atoms with Crippen LogP contribution in [0, 0.1) is 12.7 Å². The summed E-state index contributed by atoms with van der Waals surface area (Å²) >= 11 is 0. The zero-order valence-corrected chi connectivity index (χ0v) is 7.26. The van der Waals surface area contributed by atoms with E-state index in [4.69, 9.17) is 0 Å². The van der Waals surface area contributed by atoms with Gasteiger partial charge < -0.3 is 4.42 Å². The number of fused-ring (bicyclic) bond motifs is 1. The number of aromatic amines is 1. The molecule has 72 valence electrons. The molecule has 1 N–H and O–H groups in total. The molecule has 1 aromatic carbocycles. The van der Waals surface area contributed by atoms with Crippen molar-refractivity contribution in [3.8, 4) is 0 Å². The minimum Gasteiger partial charge on any atom is -0.372 e. The van der Waals surface area contributed by atoms with Crippen LogP contribution in [-0.2, 0) is 0 Å². The van der Waals surface area contributed by atoms with Gasteiger partial charge >= 0.3 is 11.4 Å². The quantitative estimate of drug-likeness (QED) is 0.680. The van der Waals surface area contributed by atoms with Gasteiger partial charge in [-0.2, -0.15) is 0 Å². The Morgan fingerprint density at radius 3 is 2.79 bits per heavy atom. The number of hydrogen-bond donors (Lipinski definition) is 1. The summed E-state index contributed by atoms with van der Waals surface area (Å²) in [4.78, 5) is 24.3. The van der Waals surface area contributed by atoms with Crippen molar-refractivity contribution in [2.75, 3.05) is 0 Å². The third-order valence-electron chi connectivity index (χ3n) is 2.03. The van der Waals surface area contributed by atoms with Crippen LogP contribution in [-0.4, -0.2) is 4.98 Å². The molecule has 0 aliphatic carbocycles. The van der Waals surface area contributed by atoms with E-state index in [1.54, 1.807) is 0 Å². The maximum Gasteiger partial charge on any atom is 0.419 e. The van der Waals surface area contributed by atoms with E-state index in [0.29, 0.717) is 0 Å². The Kier molecular flexibility index (Phi) is 1.73. The molecule has 0 unspecified atom stereocenters. The minimum absolute atomic E-state index is 0.170. The fraction of sp³-hybridized carbons (Fsp3) is 0.111. The number of hydrogen-bond acceptors (Lipinski definition) is 3. The monoisotopic (exact) mass is 195 g/mol. The molecule has 0 atom stereocenters. The van der Waals surface area contributed by atoms with Gasteiger partial charge in [-0.05, 0) is 19.1 Å². The molecule has 0 spiro atoms. The van der Waals surface area contributed by atoms with E-state index in [1.807, 2.05) is 0 Å². The zero-order valence-electron chi connectivity index (χ0n) is 7.26. The molecule has 0 bridgehead atoms. The molecule has 1 aromatic heterocycles. The average molecular weight is 195 g/mol. The van der Waals surface area contributed by atoms with E-state index < -0.39 is 17.2 Å². The first-order valence-corrected chi connectivity index (χ1v) is 3.92. The fourth-order valence-electron chi connectivity index (χ4n) is 1.28. The second-order valence-corrected chi connectivity index (χ2v) is 2.90. The highest BCUT2D eigenvalue weighted by molar-refractivity contribution is 5.80. The van der Waals surface area contributed by atoms with Gasteiger partial charge in [0.2, 0.25) is 0 Å². The molecule has 0 saturated heterocycles. The number of nitrogens with one attached hydrogen (secondary N) is 1. The van der Waals surface area contributed by atoms with Crippen LogP contribution in [0.5, 0.6) is 0 Å². The molecule has 0 saturated carbocycles. The standard InChI is InChI=1S/C9H6FNO3/c1-4-6(10)3-2-5-7(4)11-9(13)14-8(5)12/h2-3H,1H3,(H,11,13). The largest absolute Gasteiger partial charge is 0.419 e. The van der Waals surface area contributed by atoms with Crippen LogP contribution in [0.4, 0.5) is 4.39 Å². The highest BCUT2D eigenvalue weighted by atomic mass is 19.1. The Morgan fingerprint density at radius 2 is 2.07 bits per heavy atom. The maximum atomic E-state index is 13.1. The van der Waals surface area contributed by atoms with Gasteiger partial charge in [-0.1, -0.05) is 0 Å². The second kappa shape index (κ2) is 2.80. The van der Waals surface area contributed by atoms with E-state index >= 15 is 0 Å². The molecule has 0 aliphatic heterocycles. The van der Waals surface area contributed by atoms with E-state index in [2.05, 4.69) is 9.40 Å². The lowest BCUT2D eigenvalue weighted by Gasteiger charge is -1.99. The van der Waals surface area contributed by atoms with Crippen molar-refractivity contribution in [3.05, 3.63) is 44.5 Å². The van der Waals surface area contributed by atoms with Crippen LogP contribution in [0.15, 0.2) is 26.1 Å². The summed E-state index contributed by atoms with van der Waals surface area (Å²) in [5.41, 5.74) is -0.342. The second-order valence-electron chi connectivity index (χ2n) is 2.90. The number of aromatic nitrogens is 1. The first kappa shape index (κ1) is 8.68. The van der Waals surface area contributed by atoms with Crippen LogP contribution >= 0.6 is 0 Å². The van der Waals surface area contributed by atoms with Crippen LogP contribution < -0.4 is 11.4 Å². The molecule has 5 heteroatoms. The maximum absolute atomic E-state index is 13.1. The van der Waals surface area contributed by atoms with E-state index in [9.17, 15) is 14.0 Å². The smallest absolute Gasteiger partial charge is 0.372 e. The van der Waals surface area contributed by atoms with Gasteiger partial charge in [0.05, 0.1) is 10.9 Å². The summed E-state index contributed by atoms with van der Waals surface area (Å²) < 4.78 is 17.4. The van der Waals surface area contributed by atoms with Crippen LogP contribution in [0.3, 0.4) is 0 Å². The topological polar surface area (TPSA) is 63.1 Å². The van der Waals surface area contributed by atoms with Gasteiger partial charge in [0.15, 0.2) is 0 Å². The van der Waals surface area contributed by atoms with Crippen LogP contribution in [0.25, 0.3) is 10.9 Å². The number of halogens is 1. The van der Waals surface area contributed by atoms with E-state index in [1.165, 1.54) is 13.0 Å².